The average molecular weight is 572 g/mol. The highest BCUT2D eigenvalue weighted by molar-refractivity contribution is 7.79. The first kappa shape index (κ1) is 37.4. The first-order valence-electron chi connectivity index (χ1n) is 13.9. The van der Waals surface area contributed by atoms with Crippen LogP contribution in [0.2, 0.25) is 0 Å². The number of halogens is 3. The SMILES string of the molecule is CC.CCC(C)(C)C.CS.Cc1c2c(nc(C(C)C)c1[C@@H](O)c1ccc(C(F)(F)F)cc1)CC(C)(C)CC2O. The van der Waals surface area contributed by atoms with E-state index in [1.54, 1.807) is 6.26 Å². The molecule has 1 aliphatic carbocycles. The van der Waals surface area contributed by atoms with Gasteiger partial charge in [0.1, 0.15) is 6.10 Å². The van der Waals surface area contributed by atoms with E-state index in [9.17, 15) is 23.4 Å². The Morgan fingerprint density at radius 3 is 1.90 bits per heavy atom. The molecule has 0 bridgehead atoms. The standard InChI is InChI=1S/C23H28F3NO2.C6H14.C2H6.CH4S/c1-12(2)20-19(21(29)14-6-8-15(9-7-14)23(24,25)26)13(3)18-16(27-20)10-22(4,5)11-17(18)28;1-5-6(2,3)4;2*1-2/h6-9,12,17,21,28-29H,10-11H2,1-5H3;5H2,1-4H3;1-2H3;2H,1H3/t17?,21-;;;/m0.../s1. The normalized spacial score (nSPS) is 16.9. The number of rotatable bonds is 3. The zero-order valence-electron chi connectivity index (χ0n) is 26.1. The van der Waals surface area contributed by atoms with Gasteiger partial charge in [-0.3, -0.25) is 4.98 Å². The van der Waals surface area contributed by atoms with Crippen molar-refractivity contribution in [2.75, 3.05) is 6.26 Å². The van der Waals surface area contributed by atoms with Crippen LogP contribution in [0.1, 0.15) is 139 Å². The molecule has 0 amide bonds. The zero-order chi connectivity index (χ0) is 30.9. The number of thiol groups is 1. The van der Waals surface area contributed by atoms with E-state index in [-0.39, 0.29) is 11.3 Å². The summed E-state index contributed by atoms with van der Waals surface area (Å²) in [6.07, 6.45) is -1.92. The first-order valence-corrected chi connectivity index (χ1v) is 14.8. The first-order chi connectivity index (χ1) is 17.9. The Morgan fingerprint density at radius 2 is 1.51 bits per heavy atom. The van der Waals surface area contributed by atoms with E-state index in [1.165, 1.54) is 18.6 Å². The summed E-state index contributed by atoms with van der Waals surface area (Å²) in [7, 11) is 0. The lowest BCUT2D eigenvalue weighted by molar-refractivity contribution is -0.137. The molecule has 224 valence electrons. The molecule has 2 N–H and O–H groups in total. The molecule has 2 aromatic rings. The molecule has 1 aromatic carbocycles. The Labute approximate surface area is 241 Å². The van der Waals surface area contributed by atoms with Gasteiger partial charge in [0, 0.05) is 22.5 Å². The van der Waals surface area contributed by atoms with Crippen molar-refractivity contribution in [1.82, 2.24) is 4.98 Å². The second-order valence-corrected chi connectivity index (χ2v) is 12.0. The molecule has 7 heteroatoms. The van der Waals surface area contributed by atoms with E-state index < -0.39 is 23.9 Å². The molecule has 2 atom stereocenters. The van der Waals surface area contributed by atoms with Crippen molar-refractivity contribution >= 4 is 12.6 Å². The lowest BCUT2D eigenvalue weighted by atomic mass is 9.72. The van der Waals surface area contributed by atoms with Gasteiger partial charge in [-0.1, -0.05) is 87.8 Å². The van der Waals surface area contributed by atoms with Crippen LogP contribution in [0.4, 0.5) is 13.2 Å². The second-order valence-electron chi connectivity index (χ2n) is 12.0. The predicted octanol–water partition coefficient (Wildman–Crippen LogP) is 9.63. The van der Waals surface area contributed by atoms with Crippen molar-refractivity contribution in [2.24, 2.45) is 10.8 Å². The van der Waals surface area contributed by atoms with Crippen LogP contribution in [-0.4, -0.2) is 21.5 Å². The molecule has 0 radical (unpaired) electrons. The summed E-state index contributed by atoms with van der Waals surface area (Å²) < 4.78 is 38.6. The number of aliphatic hydroxyl groups excluding tert-OH is 2. The van der Waals surface area contributed by atoms with Gasteiger partial charge in [-0.15, -0.1) is 0 Å². The van der Waals surface area contributed by atoms with Crippen molar-refractivity contribution in [3.8, 4) is 0 Å². The van der Waals surface area contributed by atoms with Gasteiger partial charge in [-0.25, -0.2) is 0 Å². The maximum atomic E-state index is 12.9. The van der Waals surface area contributed by atoms with Crippen LogP contribution in [0.15, 0.2) is 24.3 Å². The predicted molar refractivity (Wildman–Crippen MR) is 162 cm³/mol. The van der Waals surface area contributed by atoms with Crippen LogP contribution in [0.3, 0.4) is 0 Å². The molecule has 1 unspecified atom stereocenters. The molecule has 1 aromatic heterocycles. The number of pyridine rings is 1. The number of aromatic nitrogens is 1. The molecule has 0 saturated heterocycles. The number of benzene rings is 1. The van der Waals surface area contributed by atoms with Crippen molar-refractivity contribution in [3.05, 3.63) is 63.5 Å². The van der Waals surface area contributed by atoms with E-state index >= 15 is 0 Å². The van der Waals surface area contributed by atoms with Crippen LogP contribution in [0, 0.1) is 17.8 Å². The highest BCUT2D eigenvalue weighted by Crippen LogP contribution is 2.44. The third-order valence-electron chi connectivity index (χ3n) is 6.81. The van der Waals surface area contributed by atoms with Gasteiger partial charge in [0.15, 0.2) is 0 Å². The maximum Gasteiger partial charge on any atom is 0.416 e. The highest BCUT2D eigenvalue weighted by Gasteiger charge is 2.36. The fourth-order valence-electron chi connectivity index (χ4n) is 4.35. The number of nitrogens with zero attached hydrogens (tertiary/aromatic N) is 1. The summed E-state index contributed by atoms with van der Waals surface area (Å²) in [6, 6.07) is 4.56. The monoisotopic (exact) mass is 571 g/mol. The number of hydrogen-bond acceptors (Lipinski definition) is 4. The number of aliphatic hydroxyl groups is 2. The molecular formula is C32H52F3NO2S. The third-order valence-corrected chi connectivity index (χ3v) is 6.81. The number of hydrogen-bond donors (Lipinski definition) is 3. The third kappa shape index (κ3) is 10.7. The van der Waals surface area contributed by atoms with E-state index in [0.717, 1.165) is 41.1 Å². The van der Waals surface area contributed by atoms with Crippen molar-refractivity contribution < 1.29 is 23.4 Å². The molecule has 0 fully saturated rings. The summed E-state index contributed by atoms with van der Waals surface area (Å²) in [5.41, 5.74) is 3.75. The quantitative estimate of drug-likeness (QED) is 0.322. The molecule has 1 heterocycles. The lowest BCUT2D eigenvalue weighted by Crippen LogP contribution is -2.29. The summed E-state index contributed by atoms with van der Waals surface area (Å²) >= 11 is 3.53. The van der Waals surface area contributed by atoms with Crippen LogP contribution in [0.5, 0.6) is 0 Å². The zero-order valence-corrected chi connectivity index (χ0v) is 27.0. The molecule has 3 rings (SSSR count). The number of alkyl halides is 3. The fourth-order valence-corrected chi connectivity index (χ4v) is 4.35. The molecule has 0 saturated carbocycles. The van der Waals surface area contributed by atoms with Crippen molar-refractivity contribution in [2.45, 2.75) is 120 Å². The highest BCUT2D eigenvalue weighted by atomic mass is 32.1. The summed E-state index contributed by atoms with van der Waals surface area (Å²) in [6.45, 7) is 22.9. The topological polar surface area (TPSA) is 53.4 Å². The largest absolute Gasteiger partial charge is 0.416 e. The summed E-state index contributed by atoms with van der Waals surface area (Å²) in [5, 5.41) is 21.8. The van der Waals surface area contributed by atoms with Crippen LogP contribution in [-0.2, 0) is 12.6 Å². The van der Waals surface area contributed by atoms with Crippen LogP contribution < -0.4 is 0 Å². The lowest BCUT2D eigenvalue weighted by Gasteiger charge is -2.36. The minimum absolute atomic E-state index is 0.0141. The molecule has 3 nitrogen and oxygen atoms in total. The minimum Gasteiger partial charge on any atom is -0.388 e. The second kappa shape index (κ2) is 15.4. The molecular weight excluding hydrogens is 519 g/mol. The Morgan fingerprint density at radius 1 is 1.05 bits per heavy atom. The van der Waals surface area contributed by atoms with Gasteiger partial charge in [0.25, 0.3) is 0 Å². The Kier molecular flexibility index (Phi) is 14.8. The smallest absolute Gasteiger partial charge is 0.388 e. The van der Waals surface area contributed by atoms with Gasteiger partial charge in [-0.2, -0.15) is 25.8 Å². The van der Waals surface area contributed by atoms with E-state index in [1.807, 2.05) is 34.6 Å². The molecule has 39 heavy (non-hydrogen) atoms. The molecule has 1 aliphatic rings. The van der Waals surface area contributed by atoms with Crippen molar-refractivity contribution in [3.63, 3.8) is 0 Å². The molecule has 0 aliphatic heterocycles. The average Bonchev–Trinajstić information content (AvgIpc) is 2.84. The fraction of sp³-hybridized carbons (Fsp3) is 0.656. The van der Waals surface area contributed by atoms with Gasteiger partial charge in [-0.05, 0) is 66.0 Å². The van der Waals surface area contributed by atoms with Gasteiger partial charge in [0.05, 0.1) is 11.7 Å². The Balaban J connectivity index is 0.00000126. The van der Waals surface area contributed by atoms with E-state index in [0.29, 0.717) is 23.0 Å². The van der Waals surface area contributed by atoms with Crippen LogP contribution in [0.25, 0.3) is 0 Å². The Bertz CT molecular complexity index is 1010. The van der Waals surface area contributed by atoms with E-state index in [2.05, 4.69) is 54.2 Å². The number of fused-ring (bicyclic) bond motifs is 1. The summed E-state index contributed by atoms with van der Waals surface area (Å²) in [4.78, 5) is 4.82. The minimum atomic E-state index is -4.42. The van der Waals surface area contributed by atoms with E-state index in [4.69, 9.17) is 4.98 Å². The maximum absolute atomic E-state index is 12.9. The van der Waals surface area contributed by atoms with Gasteiger partial charge in [0.2, 0.25) is 0 Å². The Hall–Kier alpha value is -1.57. The van der Waals surface area contributed by atoms with Crippen molar-refractivity contribution in [1.29, 1.82) is 0 Å². The summed E-state index contributed by atoms with van der Waals surface area (Å²) in [5.74, 6) is 0.0141. The van der Waals surface area contributed by atoms with Gasteiger partial charge < -0.3 is 10.2 Å². The molecule has 0 spiro atoms. The van der Waals surface area contributed by atoms with Crippen LogP contribution >= 0.6 is 12.6 Å². The van der Waals surface area contributed by atoms with Gasteiger partial charge >= 0.3 is 6.18 Å².